The molecule has 0 bridgehead atoms. The maximum absolute atomic E-state index is 13.5. The van der Waals surface area contributed by atoms with Crippen LogP contribution in [0.2, 0.25) is 0 Å². The lowest BCUT2D eigenvalue weighted by Crippen LogP contribution is -2.39. The molecule has 1 saturated carbocycles. The number of alkyl halides is 3. The van der Waals surface area contributed by atoms with Gasteiger partial charge in [-0.25, -0.2) is 4.98 Å². The number of amides is 1. The van der Waals surface area contributed by atoms with E-state index in [0.717, 1.165) is 21.8 Å². The minimum absolute atomic E-state index is 0.0992. The number of halogens is 3. The second-order valence-electron chi connectivity index (χ2n) is 9.41. The van der Waals surface area contributed by atoms with Gasteiger partial charge in [-0.05, 0) is 56.0 Å². The lowest BCUT2D eigenvalue weighted by atomic mass is 9.99. The number of hydrogen-bond donors (Lipinski definition) is 2. The number of nitrogens with zero attached hydrogens (tertiary/aromatic N) is 3. The third-order valence-corrected chi connectivity index (χ3v) is 7.80. The molecule has 1 aliphatic rings. The van der Waals surface area contributed by atoms with Gasteiger partial charge in [0.15, 0.2) is 0 Å². The first kappa shape index (κ1) is 26.2. The fourth-order valence-corrected chi connectivity index (χ4v) is 5.42. The molecular weight excluding hydrogens is 531 g/mol. The Morgan fingerprint density at radius 1 is 1.11 bits per heavy atom. The highest BCUT2D eigenvalue weighted by atomic mass is 32.1. The highest BCUT2D eigenvalue weighted by Gasteiger charge is 2.34. The summed E-state index contributed by atoms with van der Waals surface area (Å²) in [5.41, 5.74) is 0.990. The number of aryl methyl sites for hydroxylation is 1. The molecular formula is C27H24F3N5OS2. The normalized spacial score (nSPS) is 18.4. The molecule has 0 unspecified atom stereocenters. The molecule has 0 radical (unpaired) electrons. The average molecular weight is 556 g/mol. The van der Waals surface area contributed by atoms with E-state index < -0.39 is 11.9 Å². The fourth-order valence-electron chi connectivity index (χ4n) is 4.78. The van der Waals surface area contributed by atoms with Crippen molar-refractivity contribution in [1.82, 2.24) is 20.1 Å². The second kappa shape index (κ2) is 10.4. The van der Waals surface area contributed by atoms with Crippen molar-refractivity contribution in [3.05, 3.63) is 66.0 Å². The SMILES string of the molecule is Cn1ncc2cc(C(=O)N[C@H]3CC[C@@H](C(=S)Nc4cc(C(F)(F)F)nc5ccccc45)CCC3=S)ccc21. The number of aromatic nitrogens is 3. The van der Waals surface area contributed by atoms with Gasteiger partial charge in [0.2, 0.25) is 0 Å². The number of para-hydroxylation sites is 1. The molecule has 5 rings (SSSR count). The monoisotopic (exact) mass is 555 g/mol. The lowest BCUT2D eigenvalue weighted by molar-refractivity contribution is -0.140. The van der Waals surface area contributed by atoms with E-state index in [2.05, 4.69) is 20.7 Å². The van der Waals surface area contributed by atoms with E-state index in [1.165, 1.54) is 0 Å². The van der Waals surface area contributed by atoms with Crippen LogP contribution in [0, 0.1) is 5.92 Å². The van der Waals surface area contributed by atoms with E-state index >= 15 is 0 Å². The molecule has 2 heterocycles. The van der Waals surface area contributed by atoms with Crippen LogP contribution in [0.4, 0.5) is 18.9 Å². The summed E-state index contributed by atoms with van der Waals surface area (Å²) in [4.78, 5) is 17.9. The van der Waals surface area contributed by atoms with Crippen molar-refractivity contribution in [2.24, 2.45) is 13.0 Å². The van der Waals surface area contributed by atoms with Crippen molar-refractivity contribution in [3.8, 4) is 0 Å². The number of benzene rings is 2. The van der Waals surface area contributed by atoms with Gasteiger partial charge in [0.05, 0.1) is 33.9 Å². The van der Waals surface area contributed by atoms with Crippen LogP contribution in [-0.4, -0.2) is 36.6 Å². The Morgan fingerprint density at radius 2 is 1.89 bits per heavy atom. The van der Waals surface area contributed by atoms with E-state index in [9.17, 15) is 18.0 Å². The molecule has 1 amide bonds. The first-order valence-corrected chi connectivity index (χ1v) is 12.9. The summed E-state index contributed by atoms with van der Waals surface area (Å²) in [6.07, 6.45) is -0.438. The van der Waals surface area contributed by atoms with Crippen LogP contribution in [0.1, 0.15) is 41.7 Å². The zero-order chi connectivity index (χ0) is 27.0. The molecule has 1 fully saturated rings. The molecule has 11 heteroatoms. The Hall–Kier alpha value is -3.44. The highest BCUT2D eigenvalue weighted by Crippen LogP contribution is 2.34. The van der Waals surface area contributed by atoms with Crippen LogP contribution < -0.4 is 10.6 Å². The molecule has 0 aliphatic heterocycles. The molecule has 38 heavy (non-hydrogen) atoms. The van der Waals surface area contributed by atoms with Crippen LogP contribution in [-0.2, 0) is 13.2 Å². The van der Waals surface area contributed by atoms with Crippen molar-refractivity contribution < 1.29 is 18.0 Å². The van der Waals surface area contributed by atoms with Gasteiger partial charge >= 0.3 is 6.18 Å². The Labute approximate surface area is 227 Å². The van der Waals surface area contributed by atoms with Crippen LogP contribution in [0.15, 0.2) is 54.7 Å². The zero-order valence-corrected chi connectivity index (χ0v) is 22.0. The number of hydrogen-bond acceptors (Lipinski definition) is 5. The van der Waals surface area contributed by atoms with Crippen LogP contribution >= 0.6 is 24.4 Å². The van der Waals surface area contributed by atoms with Gasteiger partial charge in [-0.1, -0.05) is 42.6 Å². The third kappa shape index (κ3) is 5.39. The number of fused-ring (bicyclic) bond motifs is 2. The van der Waals surface area contributed by atoms with Gasteiger partial charge in [0.1, 0.15) is 5.69 Å². The quantitative estimate of drug-likeness (QED) is 0.230. The van der Waals surface area contributed by atoms with E-state index in [1.807, 2.05) is 13.1 Å². The molecule has 2 atom stereocenters. The van der Waals surface area contributed by atoms with E-state index in [-0.39, 0.29) is 29.1 Å². The lowest BCUT2D eigenvalue weighted by Gasteiger charge is -2.20. The predicted octanol–water partition coefficient (Wildman–Crippen LogP) is 6.24. The summed E-state index contributed by atoms with van der Waals surface area (Å²) in [6.45, 7) is 0. The maximum atomic E-state index is 13.5. The number of rotatable bonds is 4. The number of carbonyl (C=O) groups excluding carboxylic acids is 1. The summed E-state index contributed by atoms with van der Waals surface area (Å²) >= 11 is 11.3. The zero-order valence-electron chi connectivity index (χ0n) is 20.4. The summed E-state index contributed by atoms with van der Waals surface area (Å²) in [7, 11) is 1.84. The van der Waals surface area contributed by atoms with Gasteiger partial charge in [-0.2, -0.15) is 18.3 Å². The summed E-state index contributed by atoms with van der Waals surface area (Å²) in [6, 6.07) is 12.8. The predicted molar refractivity (Wildman–Crippen MR) is 149 cm³/mol. The minimum Gasteiger partial charge on any atom is -0.349 e. The average Bonchev–Trinajstić information content (AvgIpc) is 3.16. The molecule has 196 valence electrons. The molecule has 4 aromatic rings. The Morgan fingerprint density at radius 3 is 2.68 bits per heavy atom. The number of anilines is 1. The van der Waals surface area contributed by atoms with E-state index in [1.54, 1.807) is 47.3 Å². The Balaban J connectivity index is 1.28. The Bertz CT molecular complexity index is 1570. The number of pyridine rings is 1. The third-order valence-electron chi connectivity index (χ3n) is 6.88. The Kier molecular flexibility index (Phi) is 7.15. The molecule has 2 N–H and O–H groups in total. The van der Waals surface area contributed by atoms with Crippen molar-refractivity contribution in [2.75, 3.05) is 5.32 Å². The summed E-state index contributed by atoms with van der Waals surface area (Å²) < 4.78 is 42.1. The van der Waals surface area contributed by atoms with Gasteiger partial charge in [-0.15, -0.1) is 0 Å². The second-order valence-corrected chi connectivity index (χ2v) is 10.4. The van der Waals surface area contributed by atoms with E-state index in [0.29, 0.717) is 41.6 Å². The number of nitrogens with one attached hydrogen (secondary N) is 2. The topological polar surface area (TPSA) is 71.8 Å². The van der Waals surface area contributed by atoms with Crippen molar-refractivity contribution in [3.63, 3.8) is 0 Å². The molecule has 2 aromatic heterocycles. The van der Waals surface area contributed by atoms with Crippen molar-refractivity contribution in [2.45, 2.75) is 37.9 Å². The minimum atomic E-state index is -4.58. The van der Waals surface area contributed by atoms with Crippen molar-refractivity contribution >= 4 is 67.7 Å². The van der Waals surface area contributed by atoms with E-state index in [4.69, 9.17) is 24.4 Å². The van der Waals surface area contributed by atoms with Crippen LogP contribution in [0.25, 0.3) is 21.8 Å². The number of thiocarbonyl (C=S) groups is 2. The van der Waals surface area contributed by atoms with Crippen LogP contribution in [0.3, 0.4) is 0 Å². The first-order valence-electron chi connectivity index (χ1n) is 12.1. The van der Waals surface area contributed by atoms with Gasteiger partial charge < -0.3 is 10.6 Å². The number of carbonyl (C=O) groups is 1. The molecule has 2 aromatic carbocycles. The van der Waals surface area contributed by atoms with Gasteiger partial charge in [-0.3, -0.25) is 9.48 Å². The van der Waals surface area contributed by atoms with Gasteiger partial charge in [0.25, 0.3) is 5.91 Å². The molecule has 6 nitrogen and oxygen atoms in total. The van der Waals surface area contributed by atoms with Crippen LogP contribution in [0.5, 0.6) is 0 Å². The molecule has 0 saturated heterocycles. The summed E-state index contributed by atoms with van der Waals surface area (Å²) in [5.74, 6) is -0.317. The summed E-state index contributed by atoms with van der Waals surface area (Å²) in [5, 5.41) is 11.8. The first-order chi connectivity index (χ1) is 18.1. The fraction of sp³-hybridized carbons (Fsp3) is 0.296. The van der Waals surface area contributed by atoms with Crippen molar-refractivity contribution in [1.29, 1.82) is 0 Å². The smallest absolute Gasteiger partial charge is 0.349 e. The highest BCUT2D eigenvalue weighted by molar-refractivity contribution is 7.80. The standard InChI is InChI=1S/C27H24F3N5OS2/c1-35-22-10-7-16(12-17(22)14-31-35)25(36)33-20-9-6-15(8-11-23(20)37)26(38)34-21-13-24(27(28,29)30)32-19-5-3-2-4-18(19)21/h2-5,7,10,12-15,20H,6,8-9,11H2,1H3,(H,33,36)(H,32,34,38)/t15-,20+/m1/s1. The molecule has 1 aliphatic carbocycles. The maximum Gasteiger partial charge on any atom is 0.433 e. The largest absolute Gasteiger partial charge is 0.433 e. The molecule has 0 spiro atoms. The van der Waals surface area contributed by atoms with Gasteiger partial charge in [0, 0.05) is 34.2 Å².